The second-order valence-corrected chi connectivity index (χ2v) is 3.60. The van der Waals surface area contributed by atoms with Crippen LogP contribution in [-0.4, -0.2) is 4.98 Å². The first-order valence-corrected chi connectivity index (χ1v) is 4.51. The molecule has 0 amide bonds. The summed E-state index contributed by atoms with van der Waals surface area (Å²) in [6, 6.07) is 0.511. The summed E-state index contributed by atoms with van der Waals surface area (Å²) >= 11 is 0.989. The van der Waals surface area contributed by atoms with E-state index in [0.29, 0.717) is 12.3 Å². The third kappa shape index (κ3) is 2.73. The molecule has 84 valence electrons. The van der Waals surface area contributed by atoms with Crippen LogP contribution in [0.5, 0.6) is 0 Å². The number of hydrogen-bond donors (Lipinski definition) is 0. The molecule has 0 spiro atoms. The maximum absolute atomic E-state index is 12.2. The molecule has 0 aliphatic rings. The average Bonchev–Trinajstić information content (AvgIpc) is 1.99. The molecule has 0 saturated carbocycles. The van der Waals surface area contributed by atoms with Crippen molar-refractivity contribution in [1.29, 1.82) is 0 Å². The van der Waals surface area contributed by atoms with Gasteiger partial charge in [-0.2, -0.15) is 26.3 Å². The molecule has 0 aliphatic heterocycles. The van der Waals surface area contributed by atoms with Crippen molar-refractivity contribution in [2.24, 2.45) is 0 Å². The van der Waals surface area contributed by atoms with Crippen molar-refractivity contribution in [3.8, 4) is 0 Å². The Labute approximate surface area is 93.6 Å². The minimum absolute atomic E-state index is 0.494. The zero-order valence-electron chi connectivity index (χ0n) is 6.75. The summed E-state index contributed by atoms with van der Waals surface area (Å²) in [5.74, 6) is 0. The Morgan fingerprint density at radius 1 is 1.00 bits per heavy atom. The van der Waals surface area contributed by atoms with E-state index >= 15 is 0 Å². The minimum Gasteiger partial charge on any atom is -0.251 e. The first kappa shape index (κ1) is 12.5. The van der Waals surface area contributed by atoms with Crippen LogP contribution in [0.25, 0.3) is 0 Å². The summed E-state index contributed by atoms with van der Waals surface area (Å²) in [5.41, 5.74) is -2.84. The highest BCUT2D eigenvalue weighted by Gasteiger charge is 2.41. The third-order valence-electron chi connectivity index (χ3n) is 1.46. The van der Waals surface area contributed by atoms with Crippen LogP contribution in [0.15, 0.2) is 12.3 Å². The van der Waals surface area contributed by atoms with Crippen LogP contribution in [0, 0.1) is 3.57 Å². The van der Waals surface area contributed by atoms with Crippen LogP contribution in [-0.2, 0) is 12.4 Å². The fourth-order valence-corrected chi connectivity index (χ4v) is 1.79. The fourth-order valence-electron chi connectivity index (χ4n) is 0.860. The highest BCUT2D eigenvalue weighted by molar-refractivity contribution is 14.1. The van der Waals surface area contributed by atoms with Crippen molar-refractivity contribution in [3.05, 3.63) is 27.1 Å². The first-order chi connectivity index (χ1) is 6.64. The summed E-state index contributed by atoms with van der Waals surface area (Å²) in [4.78, 5) is 2.89. The van der Waals surface area contributed by atoms with E-state index in [1.165, 1.54) is 0 Å². The fraction of sp³-hybridized carbons (Fsp3) is 0.286. The Balaban J connectivity index is 3.37. The highest BCUT2D eigenvalue weighted by atomic mass is 127. The molecule has 1 rings (SSSR count). The molecule has 0 fully saturated rings. The Kier molecular flexibility index (Phi) is 3.17. The molecular formula is C7H2F6IN. The predicted octanol–water partition coefficient (Wildman–Crippen LogP) is 3.72. The molecule has 15 heavy (non-hydrogen) atoms. The van der Waals surface area contributed by atoms with Crippen molar-refractivity contribution in [2.45, 2.75) is 12.4 Å². The molecule has 8 heteroatoms. The summed E-state index contributed by atoms with van der Waals surface area (Å²) in [6.45, 7) is 0. The lowest BCUT2D eigenvalue weighted by atomic mass is 10.2. The molecule has 0 N–H and O–H groups in total. The van der Waals surface area contributed by atoms with Gasteiger partial charge in [-0.1, -0.05) is 0 Å². The molecular weight excluding hydrogens is 339 g/mol. The number of nitrogens with zero attached hydrogens (tertiary/aromatic N) is 1. The van der Waals surface area contributed by atoms with Crippen LogP contribution in [0.1, 0.15) is 11.3 Å². The molecule has 0 unspecified atom stereocenters. The van der Waals surface area contributed by atoms with E-state index in [1.807, 2.05) is 0 Å². The number of hydrogen-bond acceptors (Lipinski definition) is 1. The van der Waals surface area contributed by atoms with Gasteiger partial charge in [-0.05, 0) is 28.7 Å². The van der Waals surface area contributed by atoms with Gasteiger partial charge in [0.1, 0.15) is 0 Å². The van der Waals surface area contributed by atoms with Crippen LogP contribution in [0.4, 0.5) is 26.3 Å². The van der Waals surface area contributed by atoms with E-state index < -0.39 is 27.2 Å². The molecule has 0 aliphatic carbocycles. The number of alkyl halides is 6. The van der Waals surface area contributed by atoms with E-state index in [4.69, 9.17) is 0 Å². The number of rotatable bonds is 0. The molecule has 0 aromatic carbocycles. The van der Waals surface area contributed by atoms with E-state index in [2.05, 4.69) is 4.98 Å². The largest absolute Gasteiger partial charge is 0.434 e. The first-order valence-electron chi connectivity index (χ1n) is 3.43. The average molecular weight is 341 g/mol. The monoisotopic (exact) mass is 341 g/mol. The predicted molar refractivity (Wildman–Crippen MR) is 47.0 cm³/mol. The van der Waals surface area contributed by atoms with Gasteiger partial charge >= 0.3 is 12.4 Å². The molecule has 1 heterocycles. The SMILES string of the molecule is FC(F)(F)c1ccnc(C(F)(F)F)c1I. The van der Waals surface area contributed by atoms with E-state index in [1.54, 1.807) is 0 Å². The topological polar surface area (TPSA) is 12.9 Å². The number of pyridine rings is 1. The van der Waals surface area contributed by atoms with Gasteiger partial charge in [-0.3, -0.25) is 4.98 Å². The second kappa shape index (κ2) is 3.80. The maximum Gasteiger partial charge on any atom is 0.434 e. The number of aromatic nitrogens is 1. The molecule has 1 aromatic heterocycles. The van der Waals surface area contributed by atoms with Crippen molar-refractivity contribution in [2.75, 3.05) is 0 Å². The van der Waals surface area contributed by atoms with Gasteiger partial charge in [0.15, 0.2) is 5.69 Å². The summed E-state index contributed by atoms with van der Waals surface area (Å²) in [5, 5.41) is 0. The van der Waals surface area contributed by atoms with Crippen LogP contribution in [0.3, 0.4) is 0 Å². The van der Waals surface area contributed by atoms with Crippen LogP contribution in [0.2, 0.25) is 0 Å². The number of halogens is 7. The van der Waals surface area contributed by atoms with Crippen LogP contribution < -0.4 is 0 Å². The van der Waals surface area contributed by atoms with Crippen molar-refractivity contribution < 1.29 is 26.3 Å². The lowest BCUT2D eigenvalue weighted by Gasteiger charge is -2.13. The van der Waals surface area contributed by atoms with Crippen LogP contribution >= 0.6 is 22.6 Å². The highest BCUT2D eigenvalue weighted by Crippen LogP contribution is 2.38. The quantitative estimate of drug-likeness (QED) is 0.518. The minimum atomic E-state index is -4.88. The van der Waals surface area contributed by atoms with E-state index in [0.717, 1.165) is 22.6 Å². The van der Waals surface area contributed by atoms with E-state index in [9.17, 15) is 26.3 Å². The third-order valence-corrected chi connectivity index (χ3v) is 2.56. The zero-order valence-corrected chi connectivity index (χ0v) is 8.91. The van der Waals surface area contributed by atoms with Gasteiger partial charge in [0.2, 0.25) is 0 Å². The summed E-state index contributed by atoms with van der Waals surface area (Å²) < 4.78 is 72.3. The Morgan fingerprint density at radius 3 is 1.93 bits per heavy atom. The van der Waals surface area contributed by atoms with Gasteiger partial charge in [0.05, 0.1) is 9.13 Å². The molecule has 0 atom stereocenters. The normalized spacial score (nSPS) is 13.0. The standard InChI is InChI=1S/C7H2F6IN/c8-6(9,10)3-1-2-15-5(4(3)14)7(11,12)13/h1-2H. The molecule has 0 bridgehead atoms. The van der Waals surface area contributed by atoms with Gasteiger partial charge in [0, 0.05) is 6.20 Å². The maximum atomic E-state index is 12.2. The van der Waals surface area contributed by atoms with Gasteiger partial charge in [0.25, 0.3) is 0 Å². The van der Waals surface area contributed by atoms with Gasteiger partial charge in [-0.25, -0.2) is 0 Å². The molecule has 1 nitrogen and oxygen atoms in total. The lowest BCUT2D eigenvalue weighted by Crippen LogP contribution is -2.16. The summed E-state index contributed by atoms with van der Waals surface area (Å²) in [7, 11) is 0. The molecule has 0 radical (unpaired) electrons. The van der Waals surface area contributed by atoms with E-state index in [-0.39, 0.29) is 0 Å². The zero-order chi connectivity index (χ0) is 11.9. The second-order valence-electron chi connectivity index (χ2n) is 2.52. The Hall–Kier alpha value is -0.540. The molecule has 1 aromatic rings. The van der Waals surface area contributed by atoms with Gasteiger partial charge < -0.3 is 0 Å². The smallest absolute Gasteiger partial charge is 0.251 e. The van der Waals surface area contributed by atoms with Crippen molar-refractivity contribution >= 4 is 22.6 Å². The Morgan fingerprint density at radius 2 is 1.53 bits per heavy atom. The Bertz CT molecular complexity index is 336. The summed E-state index contributed by atoms with van der Waals surface area (Å²) in [6.07, 6.45) is -9.19. The van der Waals surface area contributed by atoms with Gasteiger partial charge in [-0.15, -0.1) is 0 Å². The van der Waals surface area contributed by atoms with Crippen molar-refractivity contribution in [3.63, 3.8) is 0 Å². The molecule has 0 saturated heterocycles. The lowest BCUT2D eigenvalue weighted by molar-refractivity contribution is -0.146. The van der Waals surface area contributed by atoms with Crippen molar-refractivity contribution in [1.82, 2.24) is 4.98 Å².